The minimum atomic E-state index is 0.159. The van der Waals surface area contributed by atoms with Crippen molar-refractivity contribution in [2.45, 2.75) is 44.2 Å². The zero-order chi connectivity index (χ0) is 18.2. The third-order valence-electron chi connectivity index (χ3n) is 6.68. The molecule has 4 heterocycles. The Bertz CT molecular complexity index is 687. The fourth-order valence-electron chi connectivity index (χ4n) is 4.97. The van der Waals surface area contributed by atoms with Crippen LogP contribution in [0.2, 0.25) is 0 Å². The molecule has 0 unspecified atom stereocenters. The highest BCUT2D eigenvalue weighted by atomic mass is 16.5. The van der Waals surface area contributed by atoms with Crippen LogP contribution in [0.3, 0.4) is 0 Å². The quantitative estimate of drug-likeness (QED) is 0.815. The standard InChI is InChI=1S/C21H30N4O2/c26-21(23-8-2-1-3-9-23)17-6-7-22-20(12-17)24-10-11-25-18(13-24)14-27-15-19(25)16-4-5-16/h6-7,12,16,18-19H,1-5,8-11,13-15H2/t18-,19-/m1/s1. The lowest BCUT2D eigenvalue weighted by Gasteiger charge is -2.48. The molecule has 1 aromatic heterocycles. The molecule has 1 saturated carbocycles. The van der Waals surface area contributed by atoms with Crippen molar-refractivity contribution in [2.75, 3.05) is 50.8 Å². The molecule has 1 aromatic rings. The maximum Gasteiger partial charge on any atom is 0.254 e. The van der Waals surface area contributed by atoms with Crippen molar-refractivity contribution >= 4 is 11.7 Å². The van der Waals surface area contributed by atoms with Gasteiger partial charge in [0, 0.05) is 50.5 Å². The van der Waals surface area contributed by atoms with Gasteiger partial charge in [0.1, 0.15) is 5.82 Å². The first-order chi connectivity index (χ1) is 13.3. The van der Waals surface area contributed by atoms with Crippen LogP contribution in [-0.4, -0.2) is 78.7 Å². The molecule has 0 aromatic carbocycles. The van der Waals surface area contributed by atoms with E-state index in [2.05, 4.69) is 14.8 Å². The molecule has 3 saturated heterocycles. The average molecular weight is 370 g/mol. The third kappa shape index (κ3) is 3.57. The number of rotatable bonds is 3. The van der Waals surface area contributed by atoms with Crippen LogP contribution >= 0.6 is 0 Å². The third-order valence-corrected chi connectivity index (χ3v) is 6.68. The van der Waals surface area contributed by atoms with E-state index in [4.69, 9.17) is 4.74 Å². The van der Waals surface area contributed by atoms with Crippen LogP contribution < -0.4 is 4.90 Å². The van der Waals surface area contributed by atoms with Crippen LogP contribution in [0.1, 0.15) is 42.5 Å². The Morgan fingerprint density at radius 1 is 1.07 bits per heavy atom. The molecule has 27 heavy (non-hydrogen) atoms. The van der Waals surface area contributed by atoms with Gasteiger partial charge in [-0.05, 0) is 50.2 Å². The van der Waals surface area contributed by atoms with E-state index in [1.54, 1.807) is 6.20 Å². The molecular weight excluding hydrogens is 340 g/mol. The number of amides is 1. The summed E-state index contributed by atoms with van der Waals surface area (Å²) >= 11 is 0. The Hall–Kier alpha value is -1.66. The molecule has 1 amide bonds. The number of piperidine rings is 1. The Balaban J connectivity index is 1.28. The van der Waals surface area contributed by atoms with Crippen molar-refractivity contribution in [2.24, 2.45) is 5.92 Å². The Labute approximate surface area is 161 Å². The number of pyridine rings is 1. The van der Waals surface area contributed by atoms with Gasteiger partial charge in [0.25, 0.3) is 5.91 Å². The number of anilines is 1. The molecule has 146 valence electrons. The molecule has 0 N–H and O–H groups in total. The van der Waals surface area contributed by atoms with E-state index in [9.17, 15) is 4.79 Å². The molecule has 3 aliphatic heterocycles. The highest BCUT2D eigenvalue weighted by Crippen LogP contribution is 2.38. The number of nitrogens with zero attached hydrogens (tertiary/aromatic N) is 4. The molecule has 0 radical (unpaired) electrons. The fraction of sp³-hybridized carbons (Fsp3) is 0.714. The molecule has 2 atom stereocenters. The minimum absolute atomic E-state index is 0.159. The van der Waals surface area contributed by atoms with Gasteiger partial charge in [-0.2, -0.15) is 0 Å². The zero-order valence-corrected chi connectivity index (χ0v) is 16.1. The summed E-state index contributed by atoms with van der Waals surface area (Å²) in [5, 5.41) is 0. The van der Waals surface area contributed by atoms with E-state index in [1.807, 2.05) is 17.0 Å². The van der Waals surface area contributed by atoms with Gasteiger partial charge in [0.2, 0.25) is 0 Å². The summed E-state index contributed by atoms with van der Waals surface area (Å²) in [6.45, 7) is 6.48. The second-order valence-corrected chi connectivity index (χ2v) is 8.54. The highest BCUT2D eigenvalue weighted by molar-refractivity contribution is 5.94. The Kier molecular flexibility index (Phi) is 4.78. The van der Waals surface area contributed by atoms with Gasteiger partial charge in [0.15, 0.2) is 0 Å². The van der Waals surface area contributed by atoms with Crippen molar-refractivity contribution in [1.82, 2.24) is 14.8 Å². The van der Waals surface area contributed by atoms with Crippen LogP contribution in [0, 0.1) is 5.92 Å². The Morgan fingerprint density at radius 2 is 1.93 bits per heavy atom. The van der Waals surface area contributed by atoms with E-state index >= 15 is 0 Å². The summed E-state index contributed by atoms with van der Waals surface area (Å²) in [6, 6.07) is 4.92. The predicted octanol–water partition coefficient (Wildman–Crippen LogP) is 2.01. The second kappa shape index (κ2) is 7.40. The smallest absolute Gasteiger partial charge is 0.254 e. The van der Waals surface area contributed by atoms with Gasteiger partial charge < -0.3 is 14.5 Å². The number of piperazine rings is 1. The number of hydrogen-bond acceptors (Lipinski definition) is 5. The number of likely N-dealkylation sites (tertiary alicyclic amines) is 1. The van der Waals surface area contributed by atoms with Crippen LogP contribution in [0.5, 0.6) is 0 Å². The number of carbonyl (C=O) groups is 1. The first-order valence-electron chi connectivity index (χ1n) is 10.6. The molecule has 0 spiro atoms. The topological polar surface area (TPSA) is 48.9 Å². The van der Waals surface area contributed by atoms with E-state index < -0.39 is 0 Å². The van der Waals surface area contributed by atoms with Crippen LogP contribution in [0.25, 0.3) is 0 Å². The number of fused-ring (bicyclic) bond motifs is 1. The molecule has 4 aliphatic rings. The van der Waals surface area contributed by atoms with E-state index in [-0.39, 0.29) is 5.91 Å². The van der Waals surface area contributed by atoms with E-state index in [0.717, 1.165) is 76.1 Å². The largest absolute Gasteiger partial charge is 0.378 e. The number of ether oxygens (including phenoxy) is 1. The molecule has 4 fully saturated rings. The lowest BCUT2D eigenvalue weighted by atomic mass is 10.0. The number of morpholine rings is 1. The summed E-state index contributed by atoms with van der Waals surface area (Å²) in [6.07, 6.45) is 8.00. The minimum Gasteiger partial charge on any atom is -0.378 e. The maximum atomic E-state index is 12.8. The lowest BCUT2D eigenvalue weighted by Crippen LogP contribution is -2.62. The van der Waals surface area contributed by atoms with Crippen molar-refractivity contribution in [1.29, 1.82) is 0 Å². The van der Waals surface area contributed by atoms with Crippen molar-refractivity contribution in [3.8, 4) is 0 Å². The van der Waals surface area contributed by atoms with Gasteiger partial charge in [0.05, 0.1) is 19.3 Å². The SMILES string of the molecule is O=C(c1ccnc(N2CCN3[C@@H](COC[C@@H]3C3CC3)C2)c1)N1CCCCC1. The lowest BCUT2D eigenvalue weighted by molar-refractivity contribution is -0.0603. The van der Waals surface area contributed by atoms with Crippen LogP contribution in [0.15, 0.2) is 18.3 Å². The highest BCUT2D eigenvalue weighted by Gasteiger charge is 2.43. The molecule has 6 heteroatoms. The number of hydrogen-bond donors (Lipinski definition) is 0. The summed E-state index contributed by atoms with van der Waals surface area (Å²) in [4.78, 5) is 24.4. The average Bonchev–Trinajstić information content (AvgIpc) is 3.58. The van der Waals surface area contributed by atoms with E-state index in [1.165, 1.54) is 19.3 Å². The van der Waals surface area contributed by atoms with Gasteiger partial charge in [-0.1, -0.05) is 0 Å². The van der Waals surface area contributed by atoms with Crippen molar-refractivity contribution in [3.63, 3.8) is 0 Å². The zero-order valence-electron chi connectivity index (χ0n) is 16.1. The van der Waals surface area contributed by atoms with E-state index in [0.29, 0.717) is 12.1 Å². The first-order valence-corrected chi connectivity index (χ1v) is 10.6. The first kappa shape index (κ1) is 17.4. The summed E-state index contributed by atoms with van der Waals surface area (Å²) in [5.74, 6) is 1.95. The van der Waals surface area contributed by atoms with Gasteiger partial charge in [-0.3, -0.25) is 9.69 Å². The summed E-state index contributed by atoms with van der Waals surface area (Å²) in [7, 11) is 0. The second-order valence-electron chi connectivity index (χ2n) is 8.54. The van der Waals surface area contributed by atoms with Crippen molar-refractivity contribution < 1.29 is 9.53 Å². The predicted molar refractivity (Wildman–Crippen MR) is 104 cm³/mol. The molecule has 0 bridgehead atoms. The van der Waals surface area contributed by atoms with Crippen molar-refractivity contribution in [3.05, 3.63) is 23.9 Å². The fourth-order valence-corrected chi connectivity index (χ4v) is 4.97. The number of carbonyl (C=O) groups excluding carboxylic acids is 1. The maximum absolute atomic E-state index is 12.8. The van der Waals surface area contributed by atoms with Crippen LogP contribution in [-0.2, 0) is 4.74 Å². The van der Waals surface area contributed by atoms with Crippen LogP contribution in [0.4, 0.5) is 5.82 Å². The summed E-state index contributed by atoms with van der Waals surface area (Å²) in [5.41, 5.74) is 0.778. The summed E-state index contributed by atoms with van der Waals surface area (Å²) < 4.78 is 5.93. The Morgan fingerprint density at radius 3 is 2.74 bits per heavy atom. The van der Waals surface area contributed by atoms with Gasteiger partial charge >= 0.3 is 0 Å². The van der Waals surface area contributed by atoms with Gasteiger partial charge in [-0.25, -0.2) is 4.98 Å². The molecule has 5 rings (SSSR count). The van der Waals surface area contributed by atoms with Gasteiger partial charge in [-0.15, -0.1) is 0 Å². The normalized spacial score (nSPS) is 29.5. The monoisotopic (exact) mass is 370 g/mol. The molecule has 6 nitrogen and oxygen atoms in total. The molecule has 1 aliphatic carbocycles. The molecular formula is C21H30N4O2. The number of aromatic nitrogens is 1.